The molecule has 2 rings (SSSR count). The molecular weight excluding hydrogens is 238 g/mol. The fourth-order valence-corrected chi connectivity index (χ4v) is 1.48. The van der Waals surface area contributed by atoms with Crippen molar-refractivity contribution in [1.29, 1.82) is 0 Å². The van der Waals surface area contributed by atoms with E-state index in [2.05, 4.69) is 9.97 Å². The molecule has 0 aliphatic heterocycles. The minimum atomic E-state index is -0.458. The van der Waals surface area contributed by atoms with Crippen LogP contribution in [0.5, 0.6) is 0 Å². The molecular formula is C10H5Cl2FN2. The first-order chi connectivity index (χ1) is 7.16. The van der Waals surface area contributed by atoms with Gasteiger partial charge in [0.25, 0.3) is 0 Å². The summed E-state index contributed by atoms with van der Waals surface area (Å²) in [5, 5.41) is 0.204. The fraction of sp³-hybridized carbons (Fsp3) is 0. The van der Waals surface area contributed by atoms with Crippen molar-refractivity contribution in [2.24, 2.45) is 0 Å². The van der Waals surface area contributed by atoms with Crippen molar-refractivity contribution in [3.63, 3.8) is 0 Å². The van der Waals surface area contributed by atoms with E-state index in [9.17, 15) is 4.39 Å². The molecule has 5 heteroatoms. The molecule has 2 nitrogen and oxygen atoms in total. The highest BCUT2D eigenvalue weighted by Gasteiger charge is 2.04. The van der Waals surface area contributed by atoms with E-state index in [1.54, 1.807) is 12.1 Å². The smallest absolute Gasteiger partial charge is 0.222 e. The Morgan fingerprint density at radius 2 is 1.93 bits per heavy atom. The quantitative estimate of drug-likeness (QED) is 0.715. The molecule has 1 heterocycles. The van der Waals surface area contributed by atoms with Crippen LogP contribution in [0.2, 0.25) is 10.3 Å². The van der Waals surface area contributed by atoms with Crippen LogP contribution in [-0.2, 0) is 0 Å². The third-order valence-corrected chi connectivity index (χ3v) is 2.31. The molecule has 0 fully saturated rings. The van der Waals surface area contributed by atoms with Crippen LogP contribution in [0.4, 0.5) is 4.39 Å². The van der Waals surface area contributed by atoms with Crippen molar-refractivity contribution >= 4 is 23.2 Å². The van der Waals surface area contributed by atoms with Crippen LogP contribution in [0.3, 0.4) is 0 Å². The summed E-state index contributed by atoms with van der Waals surface area (Å²) < 4.78 is 12.9. The lowest BCUT2D eigenvalue weighted by atomic mass is 10.1. The van der Waals surface area contributed by atoms with E-state index < -0.39 is 5.82 Å². The summed E-state index contributed by atoms with van der Waals surface area (Å²) in [4.78, 5) is 7.74. The molecule has 0 saturated heterocycles. The van der Waals surface area contributed by atoms with E-state index in [1.165, 1.54) is 18.3 Å². The zero-order chi connectivity index (χ0) is 10.8. The van der Waals surface area contributed by atoms with Gasteiger partial charge in [-0.15, -0.1) is 0 Å². The molecule has 2 aromatic rings. The summed E-state index contributed by atoms with van der Waals surface area (Å²) in [5.41, 5.74) is 1.31. The molecule has 0 radical (unpaired) electrons. The first-order valence-corrected chi connectivity index (χ1v) is 4.86. The normalized spacial score (nSPS) is 10.3. The first kappa shape index (κ1) is 10.3. The van der Waals surface area contributed by atoms with Crippen molar-refractivity contribution in [3.05, 3.63) is 46.6 Å². The van der Waals surface area contributed by atoms with Gasteiger partial charge in [0.15, 0.2) is 0 Å². The van der Waals surface area contributed by atoms with Gasteiger partial charge in [0.05, 0.1) is 10.7 Å². The van der Waals surface area contributed by atoms with Crippen LogP contribution in [0, 0.1) is 5.82 Å². The Labute approximate surface area is 95.7 Å². The van der Waals surface area contributed by atoms with Crippen molar-refractivity contribution in [1.82, 2.24) is 9.97 Å². The first-order valence-electron chi connectivity index (χ1n) is 4.11. The van der Waals surface area contributed by atoms with Gasteiger partial charge in [0.1, 0.15) is 5.82 Å². The van der Waals surface area contributed by atoms with Gasteiger partial charge < -0.3 is 0 Å². The summed E-state index contributed by atoms with van der Waals surface area (Å²) in [5.74, 6) is -0.458. The predicted molar refractivity (Wildman–Crippen MR) is 57.4 cm³/mol. The van der Waals surface area contributed by atoms with Gasteiger partial charge in [-0.1, -0.05) is 11.6 Å². The topological polar surface area (TPSA) is 25.8 Å². The number of halogens is 3. The second-order valence-corrected chi connectivity index (χ2v) is 3.59. The largest absolute Gasteiger partial charge is 0.226 e. The van der Waals surface area contributed by atoms with Crippen molar-refractivity contribution in [3.8, 4) is 11.3 Å². The van der Waals surface area contributed by atoms with E-state index in [0.717, 1.165) is 0 Å². The SMILES string of the molecule is Fc1ccc(-c2ccnc(Cl)n2)cc1Cl. The summed E-state index contributed by atoms with van der Waals surface area (Å²) in [6.45, 7) is 0. The highest BCUT2D eigenvalue weighted by molar-refractivity contribution is 6.31. The van der Waals surface area contributed by atoms with Gasteiger partial charge in [-0.2, -0.15) is 0 Å². The van der Waals surface area contributed by atoms with Crippen LogP contribution in [0.1, 0.15) is 0 Å². The maximum absolute atomic E-state index is 12.9. The van der Waals surface area contributed by atoms with E-state index in [1.807, 2.05) is 0 Å². The third-order valence-electron chi connectivity index (χ3n) is 1.84. The Balaban J connectivity index is 2.50. The van der Waals surface area contributed by atoms with Gasteiger partial charge in [0, 0.05) is 11.8 Å². The summed E-state index contributed by atoms with van der Waals surface area (Å²) in [6, 6.07) is 6.04. The minimum absolute atomic E-state index is 0.0576. The van der Waals surface area contributed by atoms with Gasteiger partial charge >= 0.3 is 0 Å². The van der Waals surface area contributed by atoms with E-state index >= 15 is 0 Å². The molecule has 15 heavy (non-hydrogen) atoms. The molecule has 0 amide bonds. The molecule has 1 aromatic carbocycles. The van der Waals surface area contributed by atoms with Crippen molar-refractivity contribution < 1.29 is 4.39 Å². The zero-order valence-electron chi connectivity index (χ0n) is 7.42. The molecule has 0 spiro atoms. The number of hydrogen-bond acceptors (Lipinski definition) is 2. The lowest BCUT2D eigenvalue weighted by molar-refractivity contribution is 0.628. The zero-order valence-corrected chi connectivity index (χ0v) is 8.93. The third kappa shape index (κ3) is 2.25. The van der Waals surface area contributed by atoms with E-state index in [4.69, 9.17) is 23.2 Å². The maximum atomic E-state index is 12.9. The van der Waals surface area contributed by atoms with Crippen molar-refractivity contribution in [2.45, 2.75) is 0 Å². The standard InChI is InChI=1S/C10H5Cl2FN2/c11-7-5-6(1-2-8(7)13)9-3-4-14-10(12)15-9/h1-5H. The Bertz CT molecular complexity index is 503. The maximum Gasteiger partial charge on any atom is 0.222 e. The average Bonchev–Trinajstić information content (AvgIpc) is 2.22. The summed E-state index contributed by atoms with van der Waals surface area (Å²) >= 11 is 11.3. The van der Waals surface area contributed by atoms with Gasteiger partial charge in [-0.3, -0.25) is 0 Å². The van der Waals surface area contributed by atoms with Gasteiger partial charge in [0.2, 0.25) is 5.28 Å². The fourth-order valence-electron chi connectivity index (χ4n) is 1.15. The van der Waals surface area contributed by atoms with E-state index in [0.29, 0.717) is 11.3 Å². The molecule has 0 atom stereocenters. The highest BCUT2D eigenvalue weighted by Crippen LogP contribution is 2.23. The van der Waals surface area contributed by atoms with Crippen LogP contribution < -0.4 is 0 Å². The van der Waals surface area contributed by atoms with Crippen LogP contribution in [0.25, 0.3) is 11.3 Å². The molecule has 0 aliphatic rings. The average molecular weight is 243 g/mol. The Morgan fingerprint density at radius 3 is 2.60 bits per heavy atom. The van der Waals surface area contributed by atoms with Gasteiger partial charge in [-0.25, -0.2) is 14.4 Å². The Morgan fingerprint density at radius 1 is 1.13 bits per heavy atom. The van der Waals surface area contributed by atoms with E-state index in [-0.39, 0.29) is 10.3 Å². The molecule has 0 saturated carbocycles. The second-order valence-electron chi connectivity index (χ2n) is 2.84. The number of rotatable bonds is 1. The molecule has 0 aliphatic carbocycles. The monoisotopic (exact) mass is 242 g/mol. The molecule has 1 aromatic heterocycles. The van der Waals surface area contributed by atoms with Crippen LogP contribution in [-0.4, -0.2) is 9.97 Å². The predicted octanol–water partition coefficient (Wildman–Crippen LogP) is 3.59. The number of hydrogen-bond donors (Lipinski definition) is 0. The number of aromatic nitrogens is 2. The molecule has 76 valence electrons. The summed E-state index contributed by atoms with van der Waals surface area (Å²) in [6.07, 6.45) is 1.53. The Hall–Kier alpha value is -1.19. The molecule has 0 N–H and O–H groups in total. The number of benzene rings is 1. The van der Waals surface area contributed by atoms with Crippen molar-refractivity contribution in [2.75, 3.05) is 0 Å². The lowest BCUT2D eigenvalue weighted by Crippen LogP contribution is -1.87. The highest BCUT2D eigenvalue weighted by atomic mass is 35.5. The second kappa shape index (κ2) is 4.13. The lowest BCUT2D eigenvalue weighted by Gasteiger charge is -2.01. The Kier molecular flexibility index (Phi) is 2.84. The molecule has 0 bridgehead atoms. The van der Waals surface area contributed by atoms with Crippen LogP contribution in [0.15, 0.2) is 30.5 Å². The number of nitrogens with zero attached hydrogens (tertiary/aromatic N) is 2. The van der Waals surface area contributed by atoms with Crippen LogP contribution >= 0.6 is 23.2 Å². The molecule has 0 unspecified atom stereocenters. The minimum Gasteiger partial charge on any atom is -0.226 e. The summed E-state index contributed by atoms with van der Waals surface area (Å²) in [7, 11) is 0. The van der Waals surface area contributed by atoms with Gasteiger partial charge in [-0.05, 0) is 35.9 Å².